The fraction of sp³-hybridized carbons (Fsp3) is 0.750. The van der Waals surface area contributed by atoms with E-state index >= 15 is 0 Å². The molecule has 0 saturated heterocycles. The van der Waals surface area contributed by atoms with Crippen LogP contribution in [0.5, 0.6) is 0 Å². The Balaban J connectivity index is 3.55. The van der Waals surface area contributed by atoms with Crippen LogP contribution in [0.15, 0.2) is 0 Å². The molecule has 0 aromatic rings. The Labute approximate surface area is 107 Å². The smallest absolute Gasteiger partial charge is 0.321 e. The zero-order valence-electron chi connectivity index (χ0n) is 11.0. The van der Waals surface area contributed by atoms with Gasteiger partial charge in [-0.1, -0.05) is 13.8 Å². The molecule has 0 aromatic heterocycles. The molecule has 0 aliphatic rings. The number of urea groups is 1. The summed E-state index contributed by atoms with van der Waals surface area (Å²) in [5.41, 5.74) is 0. The molecule has 0 fully saturated rings. The van der Waals surface area contributed by atoms with E-state index in [-0.39, 0.29) is 18.7 Å². The van der Waals surface area contributed by atoms with Crippen LogP contribution < -0.4 is 10.6 Å². The van der Waals surface area contributed by atoms with E-state index in [0.29, 0.717) is 25.3 Å². The molecule has 0 unspecified atom stereocenters. The number of unbranched alkanes of at least 4 members (excludes halogenated alkanes) is 1. The van der Waals surface area contributed by atoms with Crippen LogP contribution in [0.1, 0.15) is 46.0 Å². The van der Waals surface area contributed by atoms with Crippen LogP contribution >= 0.6 is 0 Å². The lowest BCUT2D eigenvalue weighted by Gasteiger charge is -2.07. The predicted molar refractivity (Wildman–Crippen MR) is 67.1 cm³/mol. The van der Waals surface area contributed by atoms with Gasteiger partial charge >= 0.3 is 12.0 Å². The molecule has 6 nitrogen and oxygen atoms in total. The van der Waals surface area contributed by atoms with E-state index in [2.05, 4.69) is 10.6 Å². The van der Waals surface area contributed by atoms with Gasteiger partial charge in [-0.3, -0.25) is 14.9 Å². The molecular weight excluding hydrogens is 236 g/mol. The van der Waals surface area contributed by atoms with Crippen molar-refractivity contribution >= 4 is 17.9 Å². The number of amides is 3. The second-order valence-electron chi connectivity index (χ2n) is 4.59. The second kappa shape index (κ2) is 9.44. The summed E-state index contributed by atoms with van der Waals surface area (Å²) in [5, 5.41) is 13.2. The van der Waals surface area contributed by atoms with Gasteiger partial charge in [0.25, 0.3) is 0 Å². The molecule has 3 N–H and O–H groups in total. The minimum absolute atomic E-state index is 0.0495. The van der Waals surface area contributed by atoms with Crippen molar-refractivity contribution in [2.45, 2.75) is 46.0 Å². The molecule has 104 valence electrons. The molecule has 0 radical (unpaired) electrons. The van der Waals surface area contributed by atoms with E-state index in [9.17, 15) is 14.4 Å². The summed E-state index contributed by atoms with van der Waals surface area (Å²) in [4.78, 5) is 32.7. The van der Waals surface area contributed by atoms with Crippen molar-refractivity contribution < 1.29 is 19.5 Å². The number of carboxylic acids is 1. The van der Waals surface area contributed by atoms with Crippen LogP contribution in [0, 0.1) is 5.92 Å². The van der Waals surface area contributed by atoms with E-state index in [1.807, 2.05) is 13.8 Å². The SMILES string of the molecule is CC(C)CCNC(=O)NC(=O)CCCCC(=O)O. The van der Waals surface area contributed by atoms with Gasteiger partial charge in [0.1, 0.15) is 0 Å². The Morgan fingerprint density at radius 1 is 1.11 bits per heavy atom. The number of carbonyl (C=O) groups excluding carboxylic acids is 2. The van der Waals surface area contributed by atoms with Crippen LogP contribution in [0.4, 0.5) is 4.79 Å². The number of aliphatic carboxylic acids is 1. The van der Waals surface area contributed by atoms with Gasteiger partial charge in [-0.15, -0.1) is 0 Å². The van der Waals surface area contributed by atoms with Gasteiger partial charge in [0.2, 0.25) is 5.91 Å². The highest BCUT2D eigenvalue weighted by Crippen LogP contribution is 1.99. The molecule has 18 heavy (non-hydrogen) atoms. The number of imide groups is 1. The first-order valence-electron chi connectivity index (χ1n) is 6.21. The van der Waals surface area contributed by atoms with E-state index < -0.39 is 12.0 Å². The summed E-state index contributed by atoms with van der Waals surface area (Å²) in [6.45, 7) is 4.64. The van der Waals surface area contributed by atoms with E-state index in [1.54, 1.807) is 0 Å². The highest BCUT2D eigenvalue weighted by Gasteiger charge is 2.07. The Morgan fingerprint density at radius 2 is 1.72 bits per heavy atom. The lowest BCUT2D eigenvalue weighted by Crippen LogP contribution is -2.39. The van der Waals surface area contributed by atoms with Crippen molar-refractivity contribution in [3.8, 4) is 0 Å². The molecule has 0 aliphatic carbocycles. The fourth-order valence-electron chi connectivity index (χ4n) is 1.27. The van der Waals surface area contributed by atoms with Gasteiger partial charge in [-0.2, -0.15) is 0 Å². The summed E-state index contributed by atoms with van der Waals surface area (Å²) in [6, 6.07) is -0.487. The number of carbonyl (C=O) groups is 3. The summed E-state index contributed by atoms with van der Waals surface area (Å²) in [7, 11) is 0. The van der Waals surface area contributed by atoms with Crippen LogP contribution in [-0.2, 0) is 9.59 Å². The average molecular weight is 258 g/mol. The predicted octanol–water partition coefficient (Wildman–Crippen LogP) is 1.50. The van der Waals surface area contributed by atoms with Crippen molar-refractivity contribution in [2.24, 2.45) is 5.92 Å². The van der Waals surface area contributed by atoms with E-state index in [1.165, 1.54) is 0 Å². The van der Waals surface area contributed by atoms with Gasteiger partial charge in [-0.05, 0) is 25.2 Å². The molecule has 6 heteroatoms. The fourth-order valence-corrected chi connectivity index (χ4v) is 1.27. The maximum atomic E-state index is 11.3. The van der Waals surface area contributed by atoms with Gasteiger partial charge in [0.15, 0.2) is 0 Å². The van der Waals surface area contributed by atoms with Crippen molar-refractivity contribution in [3.63, 3.8) is 0 Å². The number of nitrogens with one attached hydrogen (secondary N) is 2. The Morgan fingerprint density at radius 3 is 2.28 bits per heavy atom. The summed E-state index contributed by atoms with van der Waals surface area (Å²) in [6.07, 6.45) is 1.99. The summed E-state index contributed by atoms with van der Waals surface area (Å²) >= 11 is 0. The minimum Gasteiger partial charge on any atom is -0.481 e. The third-order valence-electron chi connectivity index (χ3n) is 2.30. The van der Waals surface area contributed by atoms with Gasteiger partial charge in [0.05, 0.1) is 0 Å². The lowest BCUT2D eigenvalue weighted by molar-refractivity contribution is -0.137. The van der Waals surface area contributed by atoms with Crippen LogP contribution in [0.3, 0.4) is 0 Å². The molecular formula is C12H22N2O4. The highest BCUT2D eigenvalue weighted by atomic mass is 16.4. The number of rotatable bonds is 8. The first-order valence-corrected chi connectivity index (χ1v) is 6.21. The monoisotopic (exact) mass is 258 g/mol. The van der Waals surface area contributed by atoms with Gasteiger partial charge in [-0.25, -0.2) is 4.79 Å². The maximum Gasteiger partial charge on any atom is 0.321 e. The van der Waals surface area contributed by atoms with Gasteiger partial charge < -0.3 is 10.4 Å². The number of hydrogen-bond donors (Lipinski definition) is 3. The second-order valence-corrected chi connectivity index (χ2v) is 4.59. The van der Waals surface area contributed by atoms with Crippen molar-refractivity contribution in [1.82, 2.24) is 10.6 Å². The Bertz CT molecular complexity index is 290. The quantitative estimate of drug-likeness (QED) is 0.575. The molecule has 0 atom stereocenters. The topological polar surface area (TPSA) is 95.5 Å². The standard InChI is InChI=1S/C12H22N2O4/c1-9(2)7-8-13-12(18)14-10(15)5-3-4-6-11(16)17/h9H,3-8H2,1-2H3,(H,16,17)(H2,13,14,15,18). The summed E-state index contributed by atoms with van der Waals surface area (Å²) in [5.74, 6) is -0.749. The molecule has 0 rings (SSSR count). The average Bonchev–Trinajstić information content (AvgIpc) is 2.23. The largest absolute Gasteiger partial charge is 0.481 e. The number of hydrogen-bond acceptors (Lipinski definition) is 3. The molecule has 0 saturated carbocycles. The van der Waals surface area contributed by atoms with Crippen LogP contribution in [0.25, 0.3) is 0 Å². The van der Waals surface area contributed by atoms with Gasteiger partial charge in [0, 0.05) is 19.4 Å². The third-order valence-corrected chi connectivity index (χ3v) is 2.30. The molecule has 0 heterocycles. The van der Waals surface area contributed by atoms with Crippen LogP contribution in [0.2, 0.25) is 0 Å². The number of carboxylic acid groups (broad SMARTS) is 1. The molecule has 3 amide bonds. The maximum absolute atomic E-state index is 11.3. The molecule has 0 aliphatic heterocycles. The highest BCUT2D eigenvalue weighted by molar-refractivity contribution is 5.94. The van der Waals surface area contributed by atoms with E-state index in [0.717, 1.165) is 6.42 Å². The molecule has 0 spiro atoms. The third kappa shape index (κ3) is 10.9. The van der Waals surface area contributed by atoms with Crippen molar-refractivity contribution in [1.29, 1.82) is 0 Å². The van der Waals surface area contributed by atoms with Crippen LogP contribution in [-0.4, -0.2) is 29.6 Å². The minimum atomic E-state index is -0.873. The van der Waals surface area contributed by atoms with E-state index in [4.69, 9.17) is 5.11 Å². The summed E-state index contributed by atoms with van der Waals surface area (Å²) < 4.78 is 0. The zero-order valence-corrected chi connectivity index (χ0v) is 11.0. The molecule has 0 aromatic carbocycles. The first-order chi connectivity index (χ1) is 8.41. The normalized spacial score (nSPS) is 10.2. The Hall–Kier alpha value is -1.59. The van der Waals surface area contributed by atoms with Crippen molar-refractivity contribution in [2.75, 3.05) is 6.54 Å². The molecule has 0 bridgehead atoms. The van der Waals surface area contributed by atoms with Crippen molar-refractivity contribution in [3.05, 3.63) is 0 Å². The zero-order chi connectivity index (χ0) is 14.0. The first kappa shape index (κ1) is 16.4. The lowest BCUT2D eigenvalue weighted by atomic mass is 10.1. The Kier molecular flexibility index (Phi) is 8.61.